The standard InChI is InChI=1S/C15H24ClN3/c1-9-15(16)13(19(3)18-9)8-12(17-2)14-10-6-4-5-7-11(10)14/h10-12,14,17H,4-8H2,1-3H3. The number of fused-ring (bicyclic) bond motifs is 1. The van der Waals surface area contributed by atoms with Crippen molar-refractivity contribution in [3.05, 3.63) is 16.4 Å². The van der Waals surface area contributed by atoms with E-state index in [2.05, 4.69) is 17.5 Å². The minimum atomic E-state index is 0.556. The molecule has 19 heavy (non-hydrogen) atoms. The van der Waals surface area contributed by atoms with Crippen molar-refractivity contribution in [2.45, 2.75) is 45.1 Å². The van der Waals surface area contributed by atoms with Crippen molar-refractivity contribution in [3.63, 3.8) is 0 Å². The van der Waals surface area contributed by atoms with Gasteiger partial charge >= 0.3 is 0 Å². The molecule has 1 aromatic rings. The topological polar surface area (TPSA) is 29.9 Å². The van der Waals surface area contributed by atoms with E-state index in [9.17, 15) is 0 Å². The molecule has 2 aliphatic rings. The summed E-state index contributed by atoms with van der Waals surface area (Å²) in [4.78, 5) is 0. The lowest BCUT2D eigenvalue weighted by atomic mass is 10.0. The second kappa shape index (κ2) is 5.10. The normalized spacial score (nSPS) is 31.1. The number of halogens is 1. The molecule has 3 atom stereocenters. The molecule has 3 rings (SSSR count). The van der Waals surface area contributed by atoms with Crippen LogP contribution < -0.4 is 5.32 Å². The van der Waals surface area contributed by atoms with Crippen LogP contribution in [0.15, 0.2) is 0 Å². The van der Waals surface area contributed by atoms with Gasteiger partial charge in [0.25, 0.3) is 0 Å². The molecule has 4 heteroatoms. The van der Waals surface area contributed by atoms with Crippen molar-refractivity contribution >= 4 is 11.6 Å². The third-order valence-corrected chi connectivity index (χ3v) is 5.72. The Hall–Kier alpha value is -0.540. The molecule has 0 aromatic carbocycles. The lowest BCUT2D eigenvalue weighted by Crippen LogP contribution is -2.32. The molecule has 2 aliphatic carbocycles. The van der Waals surface area contributed by atoms with Crippen LogP contribution in [0.4, 0.5) is 0 Å². The average Bonchev–Trinajstić information content (AvgIpc) is 3.07. The summed E-state index contributed by atoms with van der Waals surface area (Å²) in [7, 11) is 4.09. The first kappa shape index (κ1) is 13.4. The lowest BCUT2D eigenvalue weighted by molar-refractivity contribution is 0.448. The maximum absolute atomic E-state index is 6.38. The second-order valence-corrected chi connectivity index (χ2v) is 6.64. The Balaban J connectivity index is 1.73. The van der Waals surface area contributed by atoms with Gasteiger partial charge in [-0.05, 0) is 44.6 Å². The number of aromatic nitrogens is 2. The molecular formula is C15H24ClN3. The third kappa shape index (κ3) is 2.31. The fraction of sp³-hybridized carbons (Fsp3) is 0.800. The summed E-state index contributed by atoms with van der Waals surface area (Å²) in [6, 6.07) is 0.556. The van der Waals surface area contributed by atoms with E-state index >= 15 is 0 Å². The number of aryl methyl sites for hydroxylation is 2. The summed E-state index contributed by atoms with van der Waals surface area (Å²) in [5.74, 6) is 2.80. The zero-order chi connectivity index (χ0) is 13.6. The minimum Gasteiger partial charge on any atom is -0.316 e. The molecule has 3 unspecified atom stereocenters. The van der Waals surface area contributed by atoms with Gasteiger partial charge in [-0.15, -0.1) is 0 Å². The Morgan fingerprint density at radius 1 is 1.37 bits per heavy atom. The van der Waals surface area contributed by atoms with Crippen LogP contribution in [0, 0.1) is 24.7 Å². The Bertz CT molecular complexity index is 456. The molecule has 1 heterocycles. The van der Waals surface area contributed by atoms with E-state index in [4.69, 9.17) is 11.6 Å². The summed E-state index contributed by atoms with van der Waals surface area (Å²) in [6.07, 6.45) is 6.74. The predicted octanol–water partition coefficient (Wildman–Crippen LogP) is 2.95. The van der Waals surface area contributed by atoms with Crippen molar-refractivity contribution in [2.24, 2.45) is 24.8 Å². The first-order valence-corrected chi connectivity index (χ1v) is 7.86. The molecular weight excluding hydrogens is 258 g/mol. The van der Waals surface area contributed by atoms with Gasteiger partial charge < -0.3 is 5.32 Å². The maximum Gasteiger partial charge on any atom is 0.0847 e. The summed E-state index contributed by atoms with van der Waals surface area (Å²) >= 11 is 6.38. The van der Waals surface area contributed by atoms with Gasteiger partial charge in [-0.25, -0.2) is 0 Å². The Morgan fingerprint density at radius 2 is 2.00 bits per heavy atom. The largest absolute Gasteiger partial charge is 0.316 e. The minimum absolute atomic E-state index is 0.556. The van der Waals surface area contributed by atoms with Gasteiger partial charge in [0.1, 0.15) is 0 Å². The molecule has 106 valence electrons. The number of nitrogens with one attached hydrogen (secondary N) is 1. The monoisotopic (exact) mass is 281 g/mol. The highest BCUT2D eigenvalue weighted by molar-refractivity contribution is 6.31. The Morgan fingerprint density at radius 3 is 2.47 bits per heavy atom. The molecule has 2 fully saturated rings. The fourth-order valence-electron chi connectivity index (χ4n) is 4.19. The van der Waals surface area contributed by atoms with E-state index in [1.165, 1.54) is 31.4 Å². The number of hydrogen-bond donors (Lipinski definition) is 1. The molecule has 1 N–H and O–H groups in total. The van der Waals surface area contributed by atoms with Crippen LogP contribution in [0.5, 0.6) is 0 Å². The van der Waals surface area contributed by atoms with Gasteiger partial charge in [-0.1, -0.05) is 24.4 Å². The molecule has 0 radical (unpaired) electrons. The predicted molar refractivity (Wildman–Crippen MR) is 78.4 cm³/mol. The van der Waals surface area contributed by atoms with E-state index in [1.54, 1.807) is 0 Å². The number of nitrogens with zero attached hydrogens (tertiary/aromatic N) is 2. The SMILES string of the molecule is CNC(Cc1c(Cl)c(C)nn1C)C1C2CCCCC21. The van der Waals surface area contributed by atoms with Gasteiger partial charge in [0.05, 0.1) is 16.4 Å². The molecule has 0 bridgehead atoms. The molecule has 0 aliphatic heterocycles. The zero-order valence-electron chi connectivity index (χ0n) is 12.1. The highest BCUT2D eigenvalue weighted by Gasteiger charge is 2.53. The van der Waals surface area contributed by atoms with Crippen molar-refractivity contribution in [3.8, 4) is 0 Å². The van der Waals surface area contributed by atoms with Crippen LogP contribution in [0.25, 0.3) is 0 Å². The van der Waals surface area contributed by atoms with E-state index in [0.29, 0.717) is 6.04 Å². The van der Waals surface area contributed by atoms with Gasteiger partial charge in [0.15, 0.2) is 0 Å². The summed E-state index contributed by atoms with van der Waals surface area (Å²) in [5, 5.41) is 8.81. The van der Waals surface area contributed by atoms with Crippen molar-refractivity contribution in [1.82, 2.24) is 15.1 Å². The molecule has 0 saturated heterocycles. The molecule has 0 amide bonds. The summed E-state index contributed by atoms with van der Waals surface area (Å²) in [5.41, 5.74) is 2.13. The maximum atomic E-state index is 6.38. The zero-order valence-corrected chi connectivity index (χ0v) is 12.9. The highest BCUT2D eigenvalue weighted by Crippen LogP contribution is 2.57. The van der Waals surface area contributed by atoms with Crippen LogP contribution in [0.3, 0.4) is 0 Å². The number of hydrogen-bond acceptors (Lipinski definition) is 2. The third-order valence-electron chi connectivity index (χ3n) is 5.23. The van der Waals surface area contributed by atoms with Crippen LogP contribution in [-0.2, 0) is 13.5 Å². The quantitative estimate of drug-likeness (QED) is 0.920. The first-order valence-electron chi connectivity index (χ1n) is 7.48. The van der Waals surface area contributed by atoms with Crippen LogP contribution in [0.1, 0.15) is 37.1 Å². The van der Waals surface area contributed by atoms with Crippen molar-refractivity contribution in [2.75, 3.05) is 7.05 Å². The Kier molecular flexibility index (Phi) is 3.61. The van der Waals surface area contributed by atoms with Crippen LogP contribution in [-0.4, -0.2) is 22.9 Å². The summed E-state index contributed by atoms with van der Waals surface area (Å²) in [6.45, 7) is 1.98. The number of rotatable bonds is 4. The van der Waals surface area contributed by atoms with E-state index < -0.39 is 0 Å². The van der Waals surface area contributed by atoms with Crippen molar-refractivity contribution < 1.29 is 0 Å². The van der Waals surface area contributed by atoms with Crippen LogP contribution in [0.2, 0.25) is 5.02 Å². The average molecular weight is 282 g/mol. The molecule has 3 nitrogen and oxygen atoms in total. The van der Waals surface area contributed by atoms with Gasteiger partial charge in [-0.3, -0.25) is 4.68 Å². The van der Waals surface area contributed by atoms with E-state index in [-0.39, 0.29) is 0 Å². The Labute approximate surface area is 120 Å². The van der Waals surface area contributed by atoms with E-state index in [0.717, 1.165) is 34.9 Å². The van der Waals surface area contributed by atoms with Crippen molar-refractivity contribution in [1.29, 1.82) is 0 Å². The number of likely N-dealkylation sites (N-methyl/N-ethyl adjacent to an activating group) is 1. The van der Waals surface area contributed by atoms with Gasteiger partial charge in [-0.2, -0.15) is 5.10 Å². The van der Waals surface area contributed by atoms with E-state index in [1.807, 2.05) is 18.7 Å². The first-order chi connectivity index (χ1) is 9.13. The molecule has 1 aromatic heterocycles. The summed E-state index contributed by atoms with van der Waals surface area (Å²) < 4.78 is 1.95. The fourth-order valence-corrected chi connectivity index (χ4v) is 4.42. The highest BCUT2D eigenvalue weighted by atomic mass is 35.5. The lowest BCUT2D eigenvalue weighted by Gasteiger charge is -2.17. The molecule has 0 spiro atoms. The van der Waals surface area contributed by atoms with Gasteiger partial charge in [0, 0.05) is 19.5 Å². The second-order valence-electron chi connectivity index (χ2n) is 6.26. The van der Waals surface area contributed by atoms with Crippen LogP contribution >= 0.6 is 11.6 Å². The van der Waals surface area contributed by atoms with Gasteiger partial charge in [0.2, 0.25) is 0 Å². The smallest absolute Gasteiger partial charge is 0.0847 e. The molecule has 2 saturated carbocycles.